The number of ether oxygens (including phenoxy) is 1. The van der Waals surface area contributed by atoms with Crippen molar-refractivity contribution < 1.29 is 14.6 Å². The summed E-state index contributed by atoms with van der Waals surface area (Å²) < 4.78 is 5.59. The third kappa shape index (κ3) is 6.67. The van der Waals surface area contributed by atoms with Crippen LogP contribution < -0.4 is 15.8 Å². The molecule has 0 fully saturated rings. The maximum absolute atomic E-state index is 11.6. The van der Waals surface area contributed by atoms with Gasteiger partial charge < -0.3 is 20.9 Å². The second kappa shape index (κ2) is 11.3. The van der Waals surface area contributed by atoms with Gasteiger partial charge in [0, 0.05) is 6.04 Å². The standard InChI is InChI=1S/C26H30N2O3/c1-19(16-17-20-10-4-2-5-11-20)25(21-12-6-3-7-13-21)28-18-24(29)31-23-15-9-8-14-22(23)26(27)30/h2-15,19,24-25,28-29H,16-18H2,1H3,(H2,27,30)/t19?,24-,25-/m1/s1. The zero-order valence-corrected chi connectivity index (χ0v) is 17.8. The summed E-state index contributed by atoms with van der Waals surface area (Å²) in [6.07, 6.45) is 0.865. The van der Waals surface area contributed by atoms with E-state index in [4.69, 9.17) is 10.5 Å². The average Bonchev–Trinajstić information content (AvgIpc) is 2.79. The van der Waals surface area contributed by atoms with Crippen molar-refractivity contribution >= 4 is 5.91 Å². The van der Waals surface area contributed by atoms with Crippen molar-refractivity contribution in [2.24, 2.45) is 11.7 Å². The van der Waals surface area contributed by atoms with Gasteiger partial charge >= 0.3 is 0 Å². The van der Waals surface area contributed by atoms with Crippen LogP contribution in [0.5, 0.6) is 5.75 Å². The van der Waals surface area contributed by atoms with Gasteiger partial charge in [-0.1, -0.05) is 79.7 Å². The monoisotopic (exact) mass is 418 g/mol. The lowest BCUT2D eigenvalue weighted by Gasteiger charge is -2.27. The molecule has 31 heavy (non-hydrogen) atoms. The number of nitrogens with two attached hydrogens (primary N) is 1. The van der Waals surface area contributed by atoms with E-state index in [1.54, 1.807) is 24.3 Å². The highest BCUT2D eigenvalue weighted by Gasteiger charge is 2.21. The Bertz CT molecular complexity index is 947. The topological polar surface area (TPSA) is 84.6 Å². The van der Waals surface area contributed by atoms with E-state index < -0.39 is 12.2 Å². The Balaban J connectivity index is 1.64. The number of aliphatic hydroxyl groups is 1. The molecule has 0 aliphatic rings. The minimum absolute atomic E-state index is 0.0505. The minimum Gasteiger partial charge on any atom is -0.463 e. The molecule has 3 atom stereocenters. The summed E-state index contributed by atoms with van der Waals surface area (Å²) >= 11 is 0. The lowest BCUT2D eigenvalue weighted by Crippen LogP contribution is -2.36. The van der Waals surface area contributed by atoms with Crippen molar-refractivity contribution in [1.29, 1.82) is 0 Å². The first-order chi connectivity index (χ1) is 15.0. The van der Waals surface area contributed by atoms with E-state index >= 15 is 0 Å². The molecule has 0 bridgehead atoms. The molecule has 3 aromatic carbocycles. The molecule has 0 radical (unpaired) electrons. The average molecular weight is 419 g/mol. The fourth-order valence-electron chi connectivity index (χ4n) is 3.70. The number of nitrogens with one attached hydrogen (secondary N) is 1. The largest absolute Gasteiger partial charge is 0.463 e. The number of aryl methyl sites for hydroxylation is 1. The number of benzene rings is 3. The number of rotatable bonds is 11. The molecule has 0 aromatic heterocycles. The highest BCUT2D eigenvalue weighted by atomic mass is 16.6. The predicted molar refractivity (Wildman–Crippen MR) is 123 cm³/mol. The smallest absolute Gasteiger partial charge is 0.252 e. The van der Waals surface area contributed by atoms with Gasteiger partial charge in [0.25, 0.3) is 5.91 Å². The van der Waals surface area contributed by atoms with Crippen LogP contribution in [0, 0.1) is 5.92 Å². The van der Waals surface area contributed by atoms with Crippen LogP contribution in [0.2, 0.25) is 0 Å². The van der Waals surface area contributed by atoms with Crippen LogP contribution in [-0.4, -0.2) is 23.8 Å². The van der Waals surface area contributed by atoms with Gasteiger partial charge in [0.05, 0.1) is 12.1 Å². The van der Waals surface area contributed by atoms with Gasteiger partial charge in [-0.05, 0) is 42.0 Å². The zero-order valence-electron chi connectivity index (χ0n) is 17.8. The molecule has 0 heterocycles. The summed E-state index contributed by atoms with van der Waals surface area (Å²) in [7, 11) is 0. The third-order valence-corrected chi connectivity index (χ3v) is 5.39. The highest BCUT2D eigenvalue weighted by Crippen LogP contribution is 2.26. The SMILES string of the molecule is CC(CCc1ccccc1)[C@@H](NC[C@H](O)Oc1ccccc1C(N)=O)c1ccccc1. The molecule has 3 aromatic rings. The summed E-state index contributed by atoms with van der Waals surface area (Å²) in [6, 6.07) is 27.3. The van der Waals surface area contributed by atoms with E-state index in [0.29, 0.717) is 5.92 Å². The van der Waals surface area contributed by atoms with Crippen LogP contribution in [0.3, 0.4) is 0 Å². The van der Waals surface area contributed by atoms with Crippen molar-refractivity contribution in [1.82, 2.24) is 5.32 Å². The molecule has 0 spiro atoms. The van der Waals surface area contributed by atoms with Crippen LogP contribution >= 0.6 is 0 Å². The van der Waals surface area contributed by atoms with Crippen LogP contribution in [0.25, 0.3) is 0 Å². The van der Waals surface area contributed by atoms with Gasteiger partial charge in [0.2, 0.25) is 6.29 Å². The molecular weight excluding hydrogens is 388 g/mol. The van der Waals surface area contributed by atoms with Crippen molar-refractivity contribution in [3.05, 3.63) is 102 Å². The highest BCUT2D eigenvalue weighted by molar-refractivity contribution is 5.95. The number of carbonyl (C=O) groups is 1. The van der Waals surface area contributed by atoms with Crippen molar-refractivity contribution in [3.8, 4) is 5.75 Å². The molecular formula is C26H30N2O3. The molecule has 0 aliphatic heterocycles. The molecule has 1 unspecified atom stereocenters. The van der Waals surface area contributed by atoms with E-state index in [1.807, 2.05) is 24.3 Å². The fourth-order valence-corrected chi connectivity index (χ4v) is 3.70. The molecule has 5 nitrogen and oxygen atoms in total. The molecule has 4 N–H and O–H groups in total. The Morgan fingerprint density at radius 1 is 0.968 bits per heavy atom. The maximum Gasteiger partial charge on any atom is 0.252 e. The Kier molecular flexibility index (Phi) is 8.21. The molecule has 3 rings (SSSR count). The van der Waals surface area contributed by atoms with E-state index in [9.17, 15) is 9.90 Å². The predicted octanol–water partition coefficient (Wildman–Crippen LogP) is 4.08. The normalized spacial score (nSPS) is 13.9. The Morgan fingerprint density at radius 3 is 2.26 bits per heavy atom. The van der Waals surface area contributed by atoms with Gasteiger partial charge in [-0.3, -0.25) is 4.79 Å². The molecule has 0 saturated heterocycles. The molecule has 0 saturated carbocycles. The Morgan fingerprint density at radius 2 is 1.58 bits per heavy atom. The number of aliphatic hydroxyl groups excluding tert-OH is 1. The van der Waals surface area contributed by atoms with Crippen LogP contribution in [0.4, 0.5) is 0 Å². The van der Waals surface area contributed by atoms with E-state index in [1.165, 1.54) is 5.56 Å². The number of amides is 1. The first-order valence-corrected chi connectivity index (χ1v) is 10.6. The molecule has 162 valence electrons. The molecule has 5 heteroatoms. The summed E-state index contributed by atoms with van der Waals surface area (Å²) in [5, 5.41) is 13.9. The van der Waals surface area contributed by atoms with Crippen molar-refractivity contribution in [2.45, 2.75) is 32.1 Å². The quantitative estimate of drug-likeness (QED) is 0.410. The third-order valence-electron chi connectivity index (χ3n) is 5.39. The summed E-state index contributed by atoms with van der Waals surface area (Å²) in [5.41, 5.74) is 8.11. The summed E-state index contributed by atoms with van der Waals surface area (Å²) in [6.45, 7) is 2.42. The van der Waals surface area contributed by atoms with Gasteiger partial charge in [-0.2, -0.15) is 0 Å². The van der Waals surface area contributed by atoms with E-state index in [-0.39, 0.29) is 23.9 Å². The van der Waals surface area contributed by atoms with Gasteiger partial charge in [-0.15, -0.1) is 0 Å². The number of hydrogen-bond acceptors (Lipinski definition) is 4. The van der Waals surface area contributed by atoms with Crippen LogP contribution in [-0.2, 0) is 6.42 Å². The summed E-state index contributed by atoms with van der Waals surface area (Å²) in [5.74, 6) is 0.0119. The number of para-hydroxylation sites is 1. The molecule has 1 amide bonds. The fraction of sp³-hybridized carbons (Fsp3) is 0.269. The molecule has 0 aliphatic carbocycles. The zero-order chi connectivity index (χ0) is 22.1. The van der Waals surface area contributed by atoms with E-state index in [0.717, 1.165) is 18.4 Å². The van der Waals surface area contributed by atoms with Crippen molar-refractivity contribution in [2.75, 3.05) is 6.54 Å². The van der Waals surface area contributed by atoms with Gasteiger partial charge in [0.1, 0.15) is 5.75 Å². The van der Waals surface area contributed by atoms with Crippen molar-refractivity contribution in [3.63, 3.8) is 0 Å². The first kappa shape index (κ1) is 22.5. The Hall–Kier alpha value is -3.15. The van der Waals surface area contributed by atoms with E-state index in [2.05, 4.69) is 48.6 Å². The second-order valence-electron chi connectivity index (χ2n) is 7.73. The Labute approximate surface area is 183 Å². The van der Waals surface area contributed by atoms with Gasteiger partial charge in [0.15, 0.2) is 0 Å². The number of primary amides is 1. The lowest BCUT2D eigenvalue weighted by atomic mass is 9.89. The first-order valence-electron chi connectivity index (χ1n) is 10.6. The van der Waals surface area contributed by atoms with Crippen LogP contribution in [0.1, 0.15) is 40.9 Å². The summed E-state index contributed by atoms with van der Waals surface area (Å²) in [4.78, 5) is 11.6. The minimum atomic E-state index is -1.12. The maximum atomic E-state index is 11.6. The lowest BCUT2D eigenvalue weighted by molar-refractivity contribution is -0.0186. The number of carbonyl (C=O) groups excluding carboxylic acids is 1. The van der Waals surface area contributed by atoms with Crippen LogP contribution in [0.15, 0.2) is 84.9 Å². The second-order valence-corrected chi connectivity index (χ2v) is 7.73. The number of hydrogen-bond donors (Lipinski definition) is 3. The van der Waals surface area contributed by atoms with Gasteiger partial charge in [-0.25, -0.2) is 0 Å².